The van der Waals surface area contributed by atoms with Gasteiger partial charge in [0, 0.05) is 17.4 Å². The molecule has 1 aliphatic rings. The number of rotatable bonds is 8. The van der Waals surface area contributed by atoms with Crippen molar-refractivity contribution in [3.8, 4) is 11.1 Å². The van der Waals surface area contributed by atoms with E-state index in [9.17, 15) is 14.7 Å². The van der Waals surface area contributed by atoms with Crippen LogP contribution in [0.1, 0.15) is 17.0 Å². The van der Waals surface area contributed by atoms with Crippen molar-refractivity contribution < 1.29 is 19.4 Å². The molecule has 1 amide bonds. The number of nitrogens with one attached hydrogen (secondary N) is 1. The molecule has 2 aromatic rings. The molecular weight excluding hydrogens is 362 g/mol. The summed E-state index contributed by atoms with van der Waals surface area (Å²) in [4.78, 5) is 23.5. The number of carboxylic acid groups (broad SMARTS) is 1. The third-order valence-electron chi connectivity index (χ3n) is 4.45. The lowest BCUT2D eigenvalue weighted by molar-refractivity contribution is -0.138. The van der Waals surface area contributed by atoms with Gasteiger partial charge in [0.2, 0.25) is 0 Å². The zero-order valence-electron chi connectivity index (χ0n) is 14.8. The van der Waals surface area contributed by atoms with Crippen molar-refractivity contribution in [2.45, 2.75) is 12.0 Å². The Labute approximate surface area is 162 Å². The van der Waals surface area contributed by atoms with Crippen LogP contribution in [0.5, 0.6) is 0 Å². The quantitative estimate of drug-likeness (QED) is 0.534. The van der Waals surface area contributed by atoms with E-state index in [1.807, 2.05) is 36.4 Å². The summed E-state index contributed by atoms with van der Waals surface area (Å²) in [5, 5.41) is 11.7. The zero-order chi connectivity index (χ0) is 19.2. The maximum absolute atomic E-state index is 12.1. The van der Waals surface area contributed by atoms with Crippen LogP contribution in [0.25, 0.3) is 11.1 Å². The predicted molar refractivity (Wildman–Crippen MR) is 107 cm³/mol. The summed E-state index contributed by atoms with van der Waals surface area (Å²) in [5.74, 6) is -0.261. The molecule has 6 heteroatoms. The van der Waals surface area contributed by atoms with Crippen LogP contribution in [-0.2, 0) is 9.53 Å². The third kappa shape index (κ3) is 4.34. The lowest BCUT2D eigenvalue weighted by Gasteiger charge is -2.17. The number of amides is 1. The van der Waals surface area contributed by atoms with Gasteiger partial charge in [0.25, 0.3) is 0 Å². The third-order valence-corrected chi connectivity index (χ3v) is 5.49. The molecule has 2 N–H and O–H groups in total. The molecule has 0 saturated carbocycles. The number of carbonyl (C=O) groups excluding carboxylic acids is 1. The van der Waals surface area contributed by atoms with E-state index in [0.29, 0.717) is 5.75 Å². The van der Waals surface area contributed by atoms with Crippen LogP contribution < -0.4 is 5.32 Å². The van der Waals surface area contributed by atoms with Crippen molar-refractivity contribution >= 4 is 23.8 Å². The first-order valence-corrected chi connectivity index (χ1v) is 9.80. The number of hydrogen-bond donors (Lipinski definition) is 2. The Morgan fingerprint density at radius 1 is 1.15 bits per heavy atom. The largest absolute Gasteiger partial charge is 0.480 e. The number of fused-ring (bicyclic) bond motifs is 3. The summed E-state index contributed by atoms with van der Waals surface area (Å²) in [6, 6.07) is 15.1. The number of carboxylic acids is 1. The zero-order valence-corrected chi connectivity index (χ0v) is 15.6. The SMILES string of the molecule is C=CCSCC(NC(=O)OCC1c2ccccc2-c2ccccc21)C(=O)O. The van der Waals surface area contributed by atoms with Gasteiger partial charge in [-0.15, -0.1) is 6.58 Å². The first-order chi connectivity index (χ1) is 13.1. The summed E-state index contributed by atoms with van der Waals surface area (Å²) in [6.07, 6.45) is 0.972. The van der Waals surface area contributed by atoms with Gasteiger partial charge in [-0.1, -0.05) is 54.6 Å². The van der Waals surface area contributed by atoms with Crippen molar-refractivity contribution in [1.82, 2.24) is 5.32 Å². The van der Waals surface area contributed by atoms with E-state index >= 15 is 0 Å². The average molecular weight is 383 g/mol. The van der Waals surface area contributed by atoms with Crippen LogP contribution in [-0.4, -0.2) is 41.3 Å². The molecule has 5 nitrogen and oxygen atoms in total. The Kier molecular flexibility index (Phi) is 6.19. The molecule has 140 valence electrons. The van der Waals surface area contributed by atoms with Gasteiger partial charge in [-0.2, -0.15) is 11.8 Å². The van der Waals surface area contributed by atoms with Gasteiger partial charge in [0.1, 0.15) is 12.6 Å². The molecule has 0 fully saturated rings. The standard InChI is InChI=1S/C21H21NO4S/c1-2-11-27-13-19(20(23)24)22-21(25)26-12-18-16-9-5-3-7-14(16)15-8-4-6-10-17(15)18/h2-10,18-19H,1,11-13H2,(H,22,25)(H,23,24). The first kappa shape index (κ1) is 19.0. The van der Waals surface area contributed by atoms with Crippen molar-refractivity contribution in [1.29, 1.82) is 0 Å². The number of aliphatic carboxylic acids is 1. The van der Waals surface area contributed by atoms with Gasteiger partial charge in [-0.25, -0.2) is 9.59 Å². The van der Waals surface area contributed by atoms with Gasteiger partial charge in [0.05, 0.1) is 0 Å². The number of carbonyl (C=O) groups is 2. The van der Waals surface area contributed by atoms with E-state index in [0.717, 1.165) is 22.3 Å². The average Bonchev–Trinajstić information content (AvgIpc) is 2.99. The fourth-order valence-electron chi connectivity index (χ4n) is 3.23. The van der Waals surface area contributed by atoms with Gasteiger partial charge in [-0.3, -0.25) is 0 Å². The molecule has 0 aliphatic heterocycles. The number of benzene rings is 2. The van der Waals surface area contributed by atoms with E-state index in [-0.39, 0.29) is 18.3 Å². The Morgan fingerprint density at radius 3 is 2.30 bits per heavy atom. The summed E-state index contributed by atoms with van der Waals surface area (Å²) in [7, 11) is 0. The minimum Gasteiger partial charge on any atom is -0.480 e. The molecule has 0 bridgehead atoms. The Hall–Kier alpha value is -2.73. The van der Waals surface area contributed by atoms with Gasteiger partial charge in [0.15, 0.2) is 0 Å². The van der Waals surface area contributed by atoms with E-state index in [4.69, 9.17) is 4.74 Å². The van der Waals surface area contributed by atoms with Crippen LogP contribution in [0.4, 0.5) is 4.79 Å². The highest BCUT2D eigenvalue weighted by Crippen LogP contribution is 2.44. The molecule has 0 saturated heterocycles. The van der Waals surface area contributed by atoms with E-state index in [1.54, 1.807) is 6.08 Å². The number of hydrogen-bond acceptors (Lipinski definition) is 4. The monoisotopic (exact) mass is 383 g/mol. The van der Waals surface area contributed by atoms with Gasteiger partial charge >= 0.3 is 12.1 Å². The second-order valence-corrected chi connectivity index (χ2v) is 7.26. The van der Waals surface area contributed by atoms with E-state index < -0.39 is 18.1 Å². The highest BCUT2D eigenvalue weighted by Gasteiger charge is 2.29. The Morgan fingerprint density at radius 2 is 1.74 bits per heavy atom. The molecule has 3 rings (SSSR count). The smallest absolute Gasteiger partial charge is 0.407 e. The van der Waals surface area contributed by atoms with Gasteiger partial charge < -0.3 is 15.2 Å². The minimum atomic E-state index is -1.08. The lowest BCUT2D eigenvalue weighted by atomic mass is 9.98. The molecule has 1 atom stereocenters. The molecule has 0 heterocycles. The van der Waals surface area contributed by atoms with Crippen LogP contribution in [0.2, 0.25) is 0 Å². The second-order valence-electron chi connectivity index (χ2n) is 6.19. The van der Waals surface area contributed by atoms with Crippen LogP contribution >= 0.6 is 11.8 Å². The number of alkyl carbamates (subject to hydrolysis) is 1. The molecule has 0 spiro atoms. The minimum absolute atomic E-state index is 0.0541. The van der Waals surface area contributed by atoms with Crippen molar-refractivity contribution in [3.05, 3.63) is 72.3 Å². The predicted octanol–water partition coefficient (Wildman–Crippen LogP) is 3.90. The topological polar surface area (TPSA) is 75.6 Å². The van der Waals surface area contributed by atoms with E-state index in [1.165, 1.54) is 11.8 Å². The number of ether oxygens (including phenoxy) is 1. The first-order valence-electron chi connectivity index (χ1n) is 8.64. The summed E-state index contributed by atoms with van der Waals surface area (Å²) < 4.78 is 5.38. The maximum atomic E-state index is 12.1. The van der Waals surface area contributed by atoms with Crippen molar-refractivity contribution in [2.75, 3.05) is 18.1 Å². The molecule has 2 aromatic carbocycles. The fourth-order valence-corrected chi connectivity index (χ4v) is 3.99. The summed E-state index contributed by atoms with van der Waals surface area (Å²) in [6.45, 7) is 3.75. The van der Waals surface area contributed by atoms with Gasteiger partial charge in [-0.05, 0) is 22.3 Å². The Bertz CT molecular complexity index is 806. The normalized spacial score (nSPS) is 13.3. The van der Waals surface area contributed by atoms with Crippen molar-refractivity contribution in [2.24, 2.45) is 0 Å². The van der Waals surface area contributed by atoms with Crippen LogP contribution in [0.15, 0.2) is 61.2 Å². The summed E-state index contributed by atoms with van der Waals surface area (Å²) >= 11 is 1.39. The van der Waals surface area contributed by atoms with Crippen LogP contribution in [0, 0.1) is 0 Å². The molecule has 1 unspecified atom stereocenters. The molecular formula is C21H21NO4S. The fraction of sp³-hybridized carbons (Fsp3) is 0.238. The molecule has 0 aromatic heterocycles. The lowest BCUT2D eigenvalue weighted by Crippen LogP contribution is -2.43. The summed E-state index contributed by atoms with van der Waals surface area (Å²) in [5.41, 5.74) is 4.52. The highest BCUT2D eigenvalue weighted by atomic mass is 32.2. The molecule has 1 aliphatic carbocycles. The second kappa shape index (κ2) is 8.77. The molecule has 0 radical (unpaired) electrons. The Balaban J connectivity index is 1.65. The maximum Gasteiger partial charge on any atom is 0.407 e. The van der Waals surface area contributed by atoms with E-state index in [2.05, 4.69) is 24.0 Å². The van der Waals surface area contributed by atoms with Crippen LogP contribution in [0.3, 0.4) is 0 Å². The highest BCUT2D eigenvalue weighted by molar-refractivity contribution is 7.99. The van der Waals surface area contributed by atoms with Crippen molar-refractivity contribution in [3.63, 3.8) is 0 Å². The number of thioether (sulfide) groups is 1. The molecule has 27 heavy (non-hydrogen) atoms.